The van der Waals surface area contributed by atoms with Crippen LogP contribution in [0.5, 0.6) is 0 Å². The van der Waals surface area contributed by atoms with Crippen molar-refractivity contribution in [2.45, 2.75) is 26.8 Å². The number of aryl methyl sites for hydroxylation is 1. The van der Waals surface area contributed by atoms with Crippen molar-refractivity contribution < 1.29 is 0 Å². The zero-order valence-electron chi connectivity index (χ0n) is 11.6. The fourth-order valence-corrected chi connectivity index (χ4v) is 2.08. The Labute approximate surface area is 109 Å². The van der Waals surface area contributed by atoms with Crippen molar-refractivity contribution in [2.75, 3.05) is 7.05 Å². The molecular formula is C15H21N3. The number of rotatable bonds is 4. The molecule has 1 N–H and O–H groups in total. The summed E-state index contributed by atoms with van der Waals surface area (Å²) in [4.78, 5) is 4.72. The van der Waals surface area contributed by atoms with E-state index in [-0.39, 0.29) is 0 Å². The molecule has 0 atom stereocenters. The summed E-state index contributed by atoms with van der Waals surface area (Å²) in [6.45, 7) is 5.06. The maximum atomic E-state index is 4.72. The summed E-state index contributed by atoms with van der Waals surface area (Å²) in [5, 5.41) is 3.15. The fraction of sp³-hybridized carbons (Fsp3) is 0.400. The minimum Gasteiger partial charge on any atom is -0.334 e. The Kier molecular flexibility index (Phi) is 3.82. The maximum Gasteiger partial charge on any atom is 0.122 e. The van der Waals surface area contributed by atoms with E-state index in [4.69, 9.17) is 4.98 Å². The topological polar surface area (TPSA) is 29.9 Å². The summed E-state index contributed by atoms with van der Waals surface area (Å²) >= 11 is 0. The van der Waals surface area contributed by atoms with Crippen LogP contribution in [0.25, 0.3) is 0 Å². The van der Waals surface area contributed by atoms with Gasteiger partial charge in [-0.3, -0.25) is 0 Å². The van der Waals surface area contributed by atoms with E-state index < -0.39 is 0 Å². The van der Waals surface area contributed by atoms with Crippen molar-refractivity contribution >= 4 is 0 Å². The molecule has 1 aromatic heterocycles. The zero-order valence-corrected chi connectivity index (χ0v) is 11.6. The molecule has 0 radical (unpaired) electrons. The SMILES string of the molecule is CNCc1nc(Cc2ccc(C)cc2)c(C)n1C. The predicted octanol–water partition coefficient (Wildman–Crippen LogP) is 2.35. The third-order valence-corrected chi connectivity index (χ3v) is 3.40. The Morgan fingerprint density at radius 1 is 1.17 bits per heavy atom. The lowest BCUT2D eigenvalue weighted by molar-refractivity contribution is 0.700. The van der Waals surface area contributed by atoms with Crippen LogP contribution >= 0.6 is 0 Å². The number of aromatic nitrogens is 2. The molecule has 3 nitrogen and oxygen atoms in total. The Bertz CT molecular complexity index is 523. The highest BCUT2D eigenvalue weighted by atomic mass is 15.1. The summed E-state index contributed by atoms with van der Waals surface area (Å²) in [6, 6.07) is 8.67. The Hall–Kier alpha value is -1.61. The molecule has 1 heterocycles. The highest BCUT2D eigenvalue weighted by Gasteiger charge is 2.10. The van der Waals surface area contributed by atoms with Crippen molar-refractivity contribution in [3.8, 4) is 0 Å². The van der Waals surface area contributed by atoms with Gasteiger partial charge in [0, 0.05) is 19.2 Å². The molecular weight excluding hydrogens is 222 g/mol. The van der Waals surface area contributed by atoms with E-state index in [1.165, 1.54) is 22.5 Å². The number of imidazole rings is 1. The number of hydrogen-bond donors (Lipinski definition) is 1. The standard InChI is InChI=1S/C15H21N3/c1-11-5-7-13(8-6-11)9-14-12(2)18(4)15(17-14)10-16-3/h5-8,16H,9-10H2,1-4H3. The van der Waals surface area contributed by atoms with Crippen LogP contribution in [0.3, 0.4) is 0 Å². The van der Waals surface area contributed by atoms with Gasteiger partial charge in [0.25, 0.3) is 0 Å². The second-order valence-corrected chi connectivity index (χ2v) is 4.81. The lowest BCUT2D eigenvalue weighted by Crippen LogP contribution is -2.10. The first kappa shape index (κ1) is 12.8. The van der Waals surface area contributed by atoms with Crippen LogP contribution in [0, 0.1) is 13.8 Å². The van der Waals surface area contributed by atoms with Gasteiger partial charge in [0.2, 0.25) is 0 Å². The van der Waals surface area contributed by atoms with Crippen LogP contribution in [0.4, 0.5) is 0 Å². The van der Waals surface area contributed by atoms with Crippen molar-refractivity contribution in [3.05, 3.63) is 52.6 Å². The molecule has 1 aromatic carbocycles. The Morgan fingerprint density at radius 2 is 1.83 bits per heavy atom. The van der Waals surface area contributed by atoms with Gasteiger partial charge < -0.3 is 9.88 Å². The molecule has 0 saturated heterocycles. The molecule has 0 spiro atoms. The molecule has 0 bridgehead atoms. The second kappa shape index (κ2) is 5.36. The molecule has 0 amide bonds. The third kappa shape index (κ3) is 2.62. The van der Waals surface area contributed by atoms with Gasteiger partial charge in [-0.15, -0.1) is 0 Å². The fourth-order valence-electron chi connectivity index (χ4n) is 2.08. The third-order valence-electron chi connectivity index (χ3n) is 3.40. The average Bonchev–Trinajstić information content (AvgIpc) is 2.61. The van der Waals surface area contributed by atoms with Gasteiger partial charge in [0.1, 0.15) is 5.82 Å². The number of nitrogens with one attached hydrogen (secondary N) is 1. The Balaban J connectivity index is 2.23. The monoisotopic (exact) mass is 243 g/mol. The van der Waals surface area contributed by atoms with Crippen molar-refractivity contribution in [1.82, 2.24) is 14.9 Å². The van der Waals surface area contributed by atoms with Gasteiger partial charge >= 0.3 is 0 Å². The van der Waals surface area contributed by atoms with Crippen molar-refractivity contribution in [1.29, 1.82) is 0 Å². The lowest BCUT2D eigenvalue weighted by Gasteiger charge is -2.02. The minimum atomic E-state index is 0.811. The molecule has 96 valence electrons. The van der Waals surface area contributed by atoms with Crippen LogP contribution in [0.15, 0.2) is 24.3 Å². The molecule has 0 aliphatic rings. The molecule has 2 rings (SSSR count). The van der Waals surface area contributed by atoms with E-state index in [2.05, 4.69) is 55.0 Å². The van der Waals surface area contributed by atoms with E-state index in [0.29, 0.717) is 0 Å². The summed E-state index contributed by atoms with van der Waals surface area (Å²) in [5.74, 6) is 1.09. The van der Waals surface area contributed by atoms with Gasteiger partial charge in [-0.25, -0.2) is 4.98 Å². The number of nitrogens with zero attached hydrogens (tertiary/aromatic N) is 2. The van der Waals surface area contributed by atoms with Gasteiger partial charge in [-0.2, -0.15) is 0 Å². The molecule has 2 aromatic rings. The second-order valence-electron chi connectivity index (χ2n) is 4.81. The van der Waals surface area contributed by atoms with Gasteiger partial charge in [-0.1, -0.05) is 29.8 Å². The maximum absolute atomic E-state index is 4.72. The zero-order chi connectivity index (χ0) is 13.1. The molecule has 0 aliphatic heterocycles. The van der Waals surface area contributed by atoms with Crippen molar-refractivity contribution in [2.24, 2.45) is 7.05 Å². The van der Waals surface area contributed by atoms with Crippen LogP contribution in [0.2, 0.25) is 0 Å². The van der Waals surface area contributed by atoms with Crippen LogP contribution in [-0.4, -0.2) is 16.6 Å². The van der Waals surface area contributed by atoms with Gasteiger partial charge in [-0.05, 0) is 26.5 Å². The first-order valence-corrected chi connectivity index (χ1v) is 6.33. The van der Waals surface area contributed by atoms with Gasteiger partial charge in [0.05, 0.1) is 12.2 Å². The van der Waals surface area contributed by atoms with Crippen LogP contribution in [-0.2, 0) is 20.0 Å². The van der Waals surface area contributed by atoms with E-state index in [9.17, 15) is 0 Å². The van der Waals surface area contributed by atoms with E-state index in [0.717, 1.165) is 18.8 Å². The molecule has 0 fully saturated rings. The number of hydrogen-bond acceptors (Lipinski definition) is 2. The van der Waals surface area contributed by atoms with E-state index in [1.54, 1.807) is 0 Å². The molecule has 0 saturated carbocycles. The van der Waals surface area contributed by atoms with Crippen molar-refractivity contribution in [3.63, 3.8) is 0 Å². The smallest absolute Gasteiger partial charge is 0.122 e. The van der Waals surface area contributed by atoms with Gasteiger partial charge in [0.15, 0.2) is 0 Å². The summed E-state index contributed by atoms with van der Waals surface area (Å²) < 4.78 is 2.17. The Morgan fingerprint density at radius 3 is 2.44 bits per heavy atom. The number of benzene rings is 1. The first-order chi connectivity index (χ1) is 8.61. The molecule has 3 heteroatoms. The van der Waals surface area contributed by atoms with E-state index in [1.807, 2.05) is 7.05 Å². The molecule has 18 heavy (non-hydrogen) atoms. The van der Waals surface area contributed by atoms with Crippen LogP contribution < -0.4 is 5.32 Å². The minimum absolute atomic E-state index is 0.811. The summed E-state index contributed by atoms with van der Waals surface area (Å²) in [5.41, 5.74) is 5.04. The largest absolute Gasteiger partial charge is 0.334 e. The molecule has 0 unspecified atom stereocenters. The normalized spacial score (nSPS) is 10.9. The molecule has 0 aliphatic carbocycles. The predicted molar refractivity (Wildman–Crippen MR) is 74.7 cm³/mol. The summed E-state index contributed by atoms with van der Waals surface area (Å²) in [7, 11) is 4.03. The highest BCUT2D eigenvalue weighted by molar-refractivity contribution is 5.28. The quantitative estimate of drug-likeness (QED) is 0.893. The first-order valence-electron chi connectivity index (χ1n) is 6.33. The highest BCUT2D eigenvalue weighted by Crippen LogP contribution is 2.15. The average molecular weight is 243 g/mol. The van der Waals surface area contributed by atoms with Crippen LogP contribution in [0.1, 0.15) is 28.3 Å². The summed E-state index contributed by atoms with van der Waals surface area (Å²) in [6.07, 6.45) is 0.906. The van der Waals surface area contributed by atoms with E-state index >= 15 is 0 Å². The lowest BCUT2D eigenvalue weighted by atomic mass is 10.1.